The van der Waals surface area contributed by atoms with Gasteiger partial charge in [0.2, 0.25) is 5.43 Å². The minimum Gasteiger partial charge on any atom is -0.462 e. The molecule has 10 heteroatoms. The summed E-state index contributed by atoms with van der Waals surface area (Å²) < 4.78 is 24.4. The van der Waals surface area contributed by atoms with Gasteiger partial charge in [0.15, 0.2) is 0 Å². The first kappa shape index (κ1) is 26.2. The van der Waals surface area contributed by atoms with Crippen molar-refractivity contribution < 1.29 is 13.9 Å². The topological polar surface area (TPSA) is 85.5 Å². The molecule has 0 bridgehead atoms. The third-order valence-corrected chi connectivity index (χ3v) is 7.36. The van der Waals surface area contributed by atoms with E-state index >= 15 is 4.39 Å². The number of pyridine rings is 1. The molecule has 0 unspecified atom stereocenters. The number of rotatable bonds is 7. The van der Waals surface area contributed by atoms with Crippen LogP contribution in [-0.2, 0) is 11.3 Å². The molecule has 0 atom stereocenters. The molecule has 0 aliphatic carbocycles. The maximum Gasteiger partial charge on any atom is 0.343 e. The van der Waals surface area contributed by atoms with E-state index in [0.29, 0.717) is 30.8 Å². The molecule has 0 spiro atoms. The van der Waals surface area contributed by atoms with Gasteiger partial charge in [-0.15, -0.1) is 5.10 Å². The summed E-state index contributed by atoms with van der Waals surface area (Å²) in [5.74, 6) is -1.25. The number of esters is 1. The van der Waals surface area contributed by atoms with Gasteiger partial charge in [-0.25, -0.2) is 13.9 Å². The first-order valence-electron chi connectivity index (χ1n) is 13.6. The van der Waals surface area contributed by atoms with Gasteiger partial charge in [-0.2, -0.15) is 0 Å². The van der Waals surface area contributed by atoms with Crippen molar-refractivity contribution in [3.05, 3.63) is 112 Å². The van der Waals surface area contributed by atoms with E-state index < -0.39 is 17.2 Å². The summed E-state index contributed by atoms with van der Waals surface area (Å²) in [6.07, 6.45) is 4.85. The van der Waals surface area contributed by atoms with E-state index in [4.69, 9.17) is 4.74 Å². The van der Waals surface area contributed by atoms with Gasteiger partial charge in [-0.3, -0.25) is 4.79 Å². The number of hydrogen-bond donors (Lipinski definition) is 0. The zero-order chi connectivity index (χ0) is 28.3. The summed E-state index contributed by atoms with van der Waals surface area (Å²) in [7, 11) is 0. The van der Waals surface area contributed by atoms with E-state index in [-0.39, 0.29) is 17.6 Å². The van der Waals surface area contributed by atoms with Crippen molar-refractivity contribution in [1.29, 1.82) is 0 Å². The van der Waals surface area contributed by atoms with Crippen LogP contribution < -0.4 is 15.2 Å². The minimum atomic E-state index is -0.747. The molecule has 9 nitrogen and oxygen atoms in total. The fourth-order valence-electron chi connectivity index (χ4n) is 5.35. The van der Waals surface area contributed by atoms with Gasteiger partial charge in [0.1, 0.15) is 11.4 Å². The van der Waals surface area contributed by atoms with Crippen LogP contribution in [0.15, 0.2) is 90.1 Å². The Kier molecular flexibility index (Phi) is 7.20. The Hall–Kier alpha value is -4.99. The quantitative estimate of drug-likeness (QED) is 0.279. The lowest BCUT2D eigenvalue weighted by atomic mass is 10.1. The van der Waals surface area contributed by atoms with Gasteiger partial charge >= 0.3 is 5.97 Å². The minimum absolute atomic E-state index is 0.107. The van der Waals surface area contributed by atoms with Gasteiger partial charge in [0.25, 0.3) is 0 Å². The van der Waals surface area contributed by atoms with E-state index in [0.717, 1.165) is 30.0 Å². The summed E-state index contributed by atoms with van der Waals surface area (Å²) in [4.78, 5) is 30.6. The second kappa shape index (κ2) is 11.2. The highest BCUT2D eigenvalue weighted by Crippen LogP contribution is 2.30. The van der Waals surface area contributed by atoms with Crippen molar-refractivity contribution in [2.45, 2.75) is 13.5 Å². The number of para-hydroxylation sites is 2. The zero-order valence-corrected chi connectivity index (χ0v) is 22.6. The molecule has 41 heavy (non-hydrogen) atoms. The highest BCUT2D eigenvalue weighted by atomic mass is 19.1. The van der Waals surface area contributed by atoms with Crippen molar-refractivity contribution in [3.63, 3.8) is 0 Å². The maximum absolute atomic E-state index is 15.7. The standard InChI is InChI=1S/C31H29FN6O3/c1-2-41-31(40)25-21-38(27-11-7-6-8-22(27)20-37-13-12-33-34-37)28-19-29(26(32)18-24(28)30(25)39)36-16-14-35(15-17-36)23-9-4-3-5-10-23/h3-13,18-19,21H,2,14-17,20H2,1H3. The van der Waals surface area contributed by atoms with Crippen LogP contribution in [0.4, 0.5) is 15.8 Å². The van der Waals surface area contributed by atoms with E-state index in [2.05, 4.69) is 27.3 Å². The molecule has 0 radical (unpaired) electrons. The maximum atomic E-state index is 15.7. The van der Waals surface area contributed by atoms with Gasteiger partial charge in [-0.1, -0.05) is 41.6 Å². The zero-order valence-electron chi connectivity index (χ0n) is 22.6. The Bertz CT molecular complexity index is 1750. The van der Waals surface area contributed by atoms with Crippen molar-refractivity contribution >= 4 is 28.2 Å². The van der Waals surface area contributed by atoms with Crippen molar-refractivity contribution in [2.24, 2.45) is 0 Å². The fourth-order valence-corrected chi connectivity index (χ4v) is 5.35. The number of carbonyl (C=O) groups is 1. The number of piperazine rings is 1. The van der Waals surface area contributed by atoms with Crippen molar-refractivity contribution in [2.75, 3.05) is 42.6 Å². The van der Waals surface area contributed by atoms with Crippen LogP contribution in [0.3, 0.4) is 0 Å². The summed E-state index contributed by atoms with van der Waals surface area (Å²) in [6, 6.07) is 20.7. The number of hydrogen-bond acceptors (Lipinski definition) is 7. The molecule has 2 aromatic heterocycles. The van der Waals surface area contributed by atoms with Crippen LogP contribution >= 0.6 is 0 Å². The largest absolute Gasteiger partial charge is 0.462 e. The number of fused-ring (bicyclic) bond motifs is 1. The molecule has 1 fully saturated rings. The predicted molar refractivity (Wildman–Crippen MR) is 155 cm³/mol. The summed E-state index contributed by atoms with van der Waals surface area (Å²) >= 11 is 0. The van der Waals surface area contributed by atoms with Gasteiger partial charge < -0.3 is 19.1 Å². The predicted octanol–water partition coefficient (Wildman–Crippen LogP) is 4.27. The molecule has 3 heterocycles. The van der Waals surface area contributed by atoms with Crippen LogP contribution in [0.2, 0.25) is 0 Å². The molecule has 0 saturated carbocycles. The Morgan fingerprint density at radius 2 is 1.68 bits per heavy atom. The SMILES string of the molecule is CCOC(=O)c1cn(-c2ccccc2Cn2ccnn2)c2cc(N3CCN(c4ccccc4)CC3)c(F)cc2c1=O. The number of ether oxygens (including phenoxy) is 1. The number of nitrogens with zero attached hydrogens (tertiary/aromatic N) is 6. The summed E-state index contributed by atoms with van der Waals surface area (Å²) in [5.41, 5.74) is 2.92. The average Bonchev–Trinajstić information content (AvgIpc) is 3.52. The number of aromatic nitrogens is 4. The van der Waals surface area contributed by atoms with E-state index in [9.17, 15) is 9.59 Å². The monoisotopic (exact) mass is 552 g/mol. The molecule has 1 aliphatic rings. The molecule has 208 valence electrons. The van der Waals surface area contributed by atoms with E-state index in [1.807, 2.05) is 47.4 Å². The molecular weight excluding hydrogens is 523 g/mol. The lowest BCUT2D eigenvalue weighted by Gasteiger charge is -2.37. The van der Waals surface area contributed by atoms with Crippen LogP contribution in [0.1, 0.15) is 22.8 Å². The number of anilines is 2. The van der Waals surface area contributed by atoms with Crippen LogP contribution in [0.25, 0.3) is 16.6 Å². The lowest BCUT2D eigenvalue weighted by Crippen LogP contribution is -2.46. The summed E-state index contributed by atoms with van der Waals surface area (Å²) in [6.45, 7) is 4.90. The number of halogens is 1. The van der Waals surface area contributed by atoms with Crippen molar-refractivity contribution in [3.8, 4) is 5.69 Å². The van der Waals surface area contributed by atoms with Gasteiger partial charge in [0, 0.05) is 49.6 Å². The third kappa shape index (κ3) is 5.16. The molecule has 6 rings (SSSR count). The molecule has 0 N–H and O–H groups in total. The first-order chi connectivity index (χ1) is 20.0. The Morgan fingerprint density at radius 3 is 2.41 bits per heavy atom. The van der Waals surface area contributed by atoms with Crippen LogP contribution in [-0.4, -0.2) is 58.3 Å². The fraction of sp³-hybridized carbons (Fsp3) is 0.226. The van der Waals surface area contributed by atoms with Crippen LogP contribution in [0.5, 0.6) is 0 Å². The molecule has 3 aromatic carbocycles. The molecular formula is C31H29FN6O3. The van der Waals surface area contributed by atoms with Gasteiger partial charge in [0.05, 0.1) is 36.2 Å². The highest BCUT2D eigenvalue weighted by Gasteiger charge is 2.24. The Balaban J connectivity index is 1.46. The first-order valence-corrected chi connectivity index (χ1v) is 13.6. The van der Waals surface area contributed by atoms with Crippen LogP contribution in [0, 0.1) is 5.82 Å². The smallest absolute Gasteiger partial charge is 0.343 e. The van der Waals surface area contributed by atoms with E-state index in [1.54, 1.807) is 34.6 Å². The molecule has 5 aromatic rings. The lowest BCUT2D eigenvalue weighted by molar-refractivity contribution is 0.0524. The third-order valence-electron chi connectivity index (χ3n) is 7.36. The second-order valence-electron chi connectivity index (χ2n) is 9.82. The average molecular weight is 553 g/mol. The normalized spacial score (nSPS) is 13.5. The highest BCUT2D eigenvalue weighted by molar-refractivity contribution is 5.95. The Morgan fingerprint density at radius 1 is 0.951 bits per heavy atom. The van der Waals surface area contributed by atoms with Crippen molar-refractivity contribution in [1.82, 2.24) is 19.6 Å². The molecule has 1 saturated heterocycles. The Labute approximate surface area is 236 Å². The second-order valence-corrected chi connectivity index (χ2v) is 9.82. The molecule has 1 aliphatic heterocycles. The van der Waals surface area contributed by atoms with Gasteiger partial charge in [-0.05, 0) is 42.8 Å². The number of benzene rings is 3. The number of carbonyl (C=O) groups excluding carboxylic acids is 1. The van der Waals surface area contributed by atoms with E-state index in [1.165, 1.54) is 12.3 Å². The summed E-state index contributed by atoms with van der Waals surface area (Å²) in [5, 5.41) is 8.08. The molecule has 0 amide bonds.